The first-order valence-electron chi connectivity index (χ1n) is 9.19. The first-order chi connectivity index (χ1) is 13.2. The van der Waals surface area contributed by atoms with Crippen LogP contribution in [0.2, 0.25) is 0 Å². The zero-order chi connectivity index (χ0) is 20.9. The monoisotopic (exact) mass is 409 g/mol. The molecule has 0 bridgehead atoms. The van der Waals surface area contributed by atoms with Gasteiger partial charge in [0.15, 0.2) is 9.84 Å². The zero-order valence-corrected chi connectivity index (χ0v) is 17.5. The Morgan fingerprint density at radius 1 is 1.21 bits per heavy atom. The molecule has 1 heterocycles. The number of rotatable bonds is 9. The molecule has 0 aliphatic heterocycles. The van der Waals surface area contributed by atoms with Crippen LogP contribution in [0.15, 0.2) is 24.3 Å². The SMILES string of the molecule is CCC(CC)[C@H](NC(=O)Cn1c(CS(C)(=O)=O)nc2ccccc21)C(=O)OC. The van der Waals surface area contributed by atoms with Gasteiger partial charge in [-0.15, -0.1) is 0 Å². The lowest BCUT2D eigenvalue weighted by Crippen LogP contribution is -2.47. The third kappa shape index (κ3) is 5.31. The van der Waals surface area contributed by atoms with Crippen LogP contribution in [0, 0.1) is 5.92 Å². The molecule has 8 nitrogen and oxygen atoms in total. The van der Waals surface area contributed by atoms with Crippen molar-refractivity contribution in [2.45, 2.75) is 45.0 Å². The van der Waals surface area contributed by atoms with Gasteiger partial charge in [0.2, 0.25) is 5.91 Å². The highest BCUT2D eigenvalue weighted by atomic mass is 32.2. The minimum absolute atomic E-state index is 0.0496. The quantitative estimate of drug-likeness (QED) is 0.632. The molecule has 0 saturated carbocycles. The first kappa shape index (κ1) is 21.9. The summed E-state index contributed by atoms with van der Waals surface area (Å²) >= 11 is 0. The van der Waals surface area contributed by atoms with Gasteiger partial charge in [-0.3, -0.25) is 4.79 Å². The van der Waals surface area contributed by atoms with Crippen molar-refractivity contribution < 1.29 is 22.7 Å². The molecule has 0 spiro atoms. The van der Waals surface area contributed by atoms with Gasteiger partial charge >= 0.3 is 5.97 Å². The number of ether oxygens (including phenoxy) is 1. The van der Waals surface area contributed by atoms with Crippen molar-refractivity contribution in [3.05, 3.63) is 30.1 Å². The van der Waals surface area contributed by atoms with E-state index >= 15 is 0 Å². The van der Waals surface area contributed by atoms with Crippen molar-refractivity contribution in [1.29, 1.82) is 0 Å². The summed E-state index contributed by atoms with van der Waals surface area (Å²) in [6.07, 6.45) is 2.55. The predicted octanol–water partition coefficient (Wildman–Crippen LogP) is 1.67. The largest absolute Gasteiger partial charge is 0.467 e. The molecule has 1 aromatic carbocycles. The van der Waals surface area contributed by atoms with Crippen LogP contribution in [0.5, 0.6) is 0 Å². The molecular formula is C19H27N3O5S. The summed E-state index contributed by atoms with van der Waals surface area (Å²) in [5.74, 6) is -0.932. The molecule has 2 rings (SSSR count). The van der Waals surface area contributed by atoms with Gasteiger partial charge in [-0.2, -0.15) is 0 Å². The second-order valence-corrected chi connectivity index (χ2v) is 8.96. The summed E-state index contributed by atoms with van der Waals surface area (Å²) in [7, 11) is -2.04. The van der Waals surface area contributed by atoms with Crippen LogP contribution in [0.1, 0.15) is 32.5 Å². The van der Waals surface area contributed by atoms with E-state index in [4.69, 9.17) is 4.74 Å². The van der Waals surface area contributed by atoms with E-state index in [1.54, 1.807) is 28.8 Å². The van der Waals surface area contributed by atoms with Crippen LogP contribution in [-0.2, 0) is 36.5 Å². The third-order valence-corrected chi connectivity index (χ3v) is 5.50. The maximum Gasteiger partial charge on any atom is 0.328 e. The summed E-state index contributed by atoms with van der Waals surface area (Å²) in [4.78, 5) is 29.2. The van der Waals surface area contributed by atoms with E-state index in [2.05, 4.69) is 10.3 Å². The van der Waals surface area contributed by atoms with E-state index in [0.717, 1.165) is 6.26 Å². The van der Waals surface area contributed by atoms with Gasteiger partial charge in [0.05, 0.1) is 18.1 Å². The van der Waals surface area contributed by atoms with Gasteiger partial charge in [0.25, 0.3) is 0 Å². The fourth-order valence-corrected chi connectivity index (χ4v) is 3.95. The van der Waals surface area contributed by atoms with E-state index in [-0.39, 0.29) is 24.0 Å². The number of hydrogen-bond donors (Lipinski definition) is 1. The van der Waals surface area contributed by atoms with E-state index in [1.807, 2.05) is 13.8 Å². The minimum atomic E-state index is -3.33. The molecule has 0 unspecified atom stereocenters. The van der Waals surface area contributed by atoms with Crippen molar-refractivity contribution >= 4 is 32.7 Å². The number of carbonyl (C=O) groups excluding carboxylic acids is 2. The van der Waals surface area contributed by atoms with Crippen LogP contribution in [0.3, 0.4) is 0 Å². The molecule has 2 aromatic rings. The number of hydrogen-bond acceptors (Lipinski definition) is 6. The number of benzene rings is 1. The minimum Gasteiger partial charge on any atom is -0.467 e. The van der Waals surface area contributed by atoms with Gasteiger partial charge in [-0.1, -0.05) is 38.8 Å². The normalized spacial score (nSPS) is 12.9. The number of para-hydroxylation sites is 2. The standard InChI is InChI=1S/C19H27N3O5S/c1-5-13(6-2)18(19(24)27-3)21-17(23)11-22-15-10-8-7-9-14(15)20-16(22)12-28(4,25)26/h7-10,13,18H,5-6,11-12H2,1-4H3,(H,21,23)/t18-/m0/s1. The number of methoxy groups -OCH3 is 1. The van der Waals surface area contributed by atoms with Crippen LogP contribution < -0.4 is 5.32 Å². The fraction of sp³-hybridized carbons (Fsp3) is 0.526. The van der Waals surface area contributed by atoms with Crippen LogP contribution in [0.25, 0.3) is 11.0 Å². The molecule has 154 valence electrons. The second-order valence-electron chi connectivity index (χ2n) is 6.82. The lowest BCUT2D eigenvalue weighted by atomic mass is 9.94. The third-order valence-electron chi connectivity index (χ3n) is 4.72. The van der Waals surface area contributed by atoms with Crippen molar-refractivity contribution in [1.82, 2.24) is 14.9 Å². The molecule has 1 aromatic heterocycles. The topological polar surface area (TPSA) is 107 Å². The van der Waals surface area contributed by atoms with Crippen LogP contribution >= 0.6 is 0 Å². The number of nitrogens with zero attached hydrogens (tertiary/aromatic N) is 2. The smallest absolute Gasteiger partial charge is 0.328 e. The Morgan fingerprint density at radius 2 is 1.86 bits per heavy atom. The molecule has 1 N–H and O–H groups in total. The molecular weight excluding hydrogens is 382 g/mol. The maximum atomic E-state index is 12.7. The van der Waals surface area contributed by atoms with Crippen molar-refractivity contribution in [3.8, 4) is 0 Å². The molecule has 28 heavy (non-hydrogen) atoms. The molecule has 0 aliphatic carbocycles. The molecule has 0 aliphatic rings. The lowest BCUT2D eigenvalue weighted by molar-refractivity contribution is -0.147. The lowest BCUT2D eigenvalue weighted by Gasteiger charge is -2.24. The molecule has 1 amide bonds. The summed E-state index contributed by atoms with van der Waals surface area (Å²) in [6.45, 7) is 3.76. The highest BCUT2D eigenvalue weighted by molar-refractivity contribution is 7.89. The Labute approximate surface area is 165 Å². The summed E-state index contributed by atoms with van der Waals surface area (Å²) in [5.41, 5.74) is 1.27. The Balaban J connectivity index is 2.32. The van der Waals surface area contributed by atoms with Crippen molar-refractivity contribution in [3.63, 3.8) is 0 Å². The number of aromatic nitrogens is 2. The first-order valence-corrected chi connectivity index (χ1v) is 11.2. The Bertz CT molecular complexity index is 948. The van der Waals surface area contributed by atoms with Gasteiger partial charge in [-0.05, 0) is 18.1 Å². The number of carbonyl (C=O) groups is 2. The number of fused-ring (bicyclic) bond motifs is 1. The summed E-state index contributed by atoms with van der Waals surface area (Å²) in [6, 6.07) is 6.38. The average Bonchev–Trinajstić information content (AvgIpc) is 2.96. The highest BCUT2D eigenvalue weighted by Gasteiger charge is 2.29. The summed E-state index contributed by atoms with van der Waals surface area (Å²) < 4.78 is 30.0. The highest BCUT2D eigenvalue weighted by Crippen LogP contribution is 2.18. The molecule has 9 heteroatoms. The van der Waals surface area contributed by atoms with Gasteiger partial charge in [-0.25, -0.2) is 18.2 Å². The Morgan fingerprint density at radius 3 is 2.43 bits per heavy atom. The van der Waals surface area contributed by atoms with Gasteiger partial charge < -0.3 is 14.6 Å². The van der Waals surface area contributed by atoms with E-state index in [1.165, 1.54) is 7.11 Å². The summed E-state index contributed by atoms with van der Waals surface area (Å²) in [5, 5.41) is 2.75. The second kappa shape index (κ2) is 9.18. The molecule has 0 radical (unpaired) electrons. The number of amides is 1. The Kier molecular flexibility index (Phi) is 7.17. The van der Waals surface area contributed by atoms with Gasteiger partial charge in [0.1, 0.15) is 24.2 Å². The Hall–Kier alpha value is -2.42. The molecule has 0 fully saturated rings. The van der Waals surface area contributed by atoms with Crippen LogP contribution in [-0.4, -0.2) is 49.3 Å². The number of imidazole rings is 1. The fourth-order valence-electron chi connectivity index (χ4n) is 3.27. The number of esters is 1. The van der Waals surface area contributed by atoms with E-state index in [0.29, 0.717) is 23.9 Å². The number of sulfone groups is 1. The number of nitrogens with one attached hydrogen (secondary N) is 1. The van der Waals surface area contributed by atoms with E-state index < -0.39 is 27.8 Å². The van der Waals surface area contributed by atoms with Crippen molar-refractivity contribution in [2.75, 3.05) is 13.4 Å². The molecule has 0 saturated heterocycles. The molecule has 1 atom stereocenters. The van der Waals surface area contributed by atoms with Crippen LogP contribution in [0.4, 0.5) is 0 Å². The average molecular weight is 410 g/mol. The zero-order valence-electron chi connectivity index (χ0n) is 16.6. The predicted molar refractivity (Wildman–Crippen MR) is 106 cm³/mol. The van der Waals surface area contributed by atoms with Gasteiger partial charge in [0, 0.05) is 6.26 Å². The maximum absolute atomic E-state index is 12.7. The van der Waals surface area contributed by atoms with E-state index in [9.17, 15) is 18.0 Å². The van der Waals surface area contributed by atoms with Crippen molar-refractivity contribution in [2.24, 2.45) is 5.92 Å².